The molecule has 0 bridgehead atoms. The lowest BCUT2D eigenvalue weighted by Gasteiger charge is -2.32. The Morgan fingerprint density at radius 3 is 1.47 bits per heavy atom. The molecule has 0 aliphatic heterocycles. The number of hydrogen-bond acceptors (Lipinski definition) is 1. The fourth-order valence-corrected chi connectivity index (χ4v) is 9.91. The fourth-order valence-electron chi connectivity index (χ4n) is 9.91. The van der Waals surface area contributed by atoms with E-state index in [9.17, 15) is 0 Å². The molecule has 3 aliphatic rings. The molecule has 0 saturated heterocycles. The maximum atomic E-state index is 2.43. The second-order valence-corrected chi connectivity index (χ2v) is 14.9. The summed E-state index contributed by atoms with van der Waals surface area (Å²) in [6.07, 6.45) is 0. The lowest BCUT2D eigenvalue weighted by atomic mass is 9.69. The summed E-state index contributed by atoms with van der Waals surface area (Å²) in [5.74, 6) is 0. The summed E-state index contributed by atoms with van der Waals surface area (Å²) in [5, 5.41) is 2.55. The van der Waals surface area contributed by atoms with E-state index in [4.69, 9.17) is 0 Å². The molecule has 0 saturated carbocycles. The first kappa shape index (κ1) is 28.6. The van der Waals surface area contributed by atoms with Gasteiger partial charge >= 0.3 is 0 Å². The van der Waals surface area contributed by atoms with Gasteiger partial charge in [0, 0.05) is 22.5 Å². The Hall–Kier alpha value is -6.18. The lowest BCUT2D eigenvalue weighted by Crippen LogP contribution is -2.26. The Labute approximate surface area is 299 Å². The van der Waals surface area contributed by atoms with Crippen molar-refractivity contribution < 1.29 is 0 Å². The number of para-hydroxylation sites is 1. The summed E-state index contributed by atoms with van der Waals surface area (Å²) in [7, 11) is 0. The van der Waals surface area contributed by atoms with Crippen LogP contribution in [0.25, 0.3) is 44.2 Å². The van der Waals surface area contributed by atoms with Crippen LogP contribution in [-0.4, -0.2) is 0 Å². The third kappa shape index (κ3) is 3.65. The van der Waals surface area contributed by atoms with Crippen LogP contribution in [0.4, 0.5) is 17.1 Å². The molecular weight excluding hydrogens is 615 g/mol. The number of benzene rings is 8. The van der Waals surface area contributed by atoms with E-state index >= 15 is 0 Å². The van der Waals surface area contributed by atoms with E-state index in [1.165, 1.54) is 83.2 Å². The summed E-state index contributed by atoms with van der Waals surface area (Å²) in [6.45, 7) is 4.72. The molecule has 8 aromatic carbocycles. The van der Waals surface area contributed by atoms with E-state index in [1.807, 2.05) is 0 Å². The molecule has 0 unspecified atom stereocenters. The van der Waals surface area contributed by atoms with Crippen LogP contribution in [0.2, 0.25) is 0 Å². The van der Waals surface area contributed by atoms with Crippen LogP contribution in [0.1, 0.15) is 47.2 Å². The summed E-state index contributed by atoms with van der Waals surface area (Å²) in [5.41, 5.74) is 19.3. The van der Waals surface area contributed by atoms with Gasteiger partial charge in [0.25, 0.3) is 0 Å². The monoisotopic (exact) mass is 649 g/mol. The number of fused-ring (bicyclic) bond motifs is 15. The minimum absolute atomic E-state index is 0.0780. The van der Waals surface area contributed by atoms with Gasteiger partial charge in [0.1, 0.15) is 0 Å². The van der Waals surface area contributed by atoms with Gasteiger partial charge in [0.2, 0.25) is 0 Å². The number of rotatable bonds is 3. The summed E-state index contributed by atoms with van der Waals surface area (Å²) >= 11 is 0. The third-order valence-corrected chi connectivity index (χ3v) is 12.0. The fraction of sp³-hybridized carbons (Fsp3) is 0.0800. The number of nitrogens with zero attached hydrogens (tertiary/aromatic N) is 1. The van der Waals surface area contributed by atoms with Gasteiger partial charge in [-0.3, -0.25) is 0 Å². The molecule has 8 aromatic rings. The first-order valence-corrected chi connectivity index (χ1v) is 18.0. The quantitative estimate of drug-likeness (QED) is 0.184. The second-order valence-electron chi connectivity index (χ2n) is 14.9. The average Bonchev–Trinajstić information content (AvgIpc) is 3.74. The Balaban J connectivity index is 1.14. The first-order chi connectivity index (χ1) is 25.1. The van der Waals surface area contributed by atoms with Crippen molar-refractivity contribution in [3.8, 4) is 33.4 Å². The normalized spacial score (nSPS) is 14.8. The zero-order valence-corrected chi connectivity index (χ0v) is 28.7. The highest BCUT2D eigenvalue weighted by molar-refractivity contribution is 6.05. The van der Waals surface area contributed by atoms with Gasteiger partial charge in [-0.25, -0.2) is 0 Å². The van der Waals surface area contributed by atoms with Crippen molar-refractivity contribution in [2.24, 2.45) is 0 Å². The van der Waals surface area contributed by atoms with E-state index in [1.54, 1.807) is 0 Å². The molecule has 3 aliphatic carbocycles. The van der Waals surface area contributed by atoms with E-state index in [-0.39, 0.29) is 10.8 Å². The molecular formula is C50H35N. The van der Waals surface area contributed by atoms with Crippen molar-refractivity contribution >= 4 is 27.8 Å². The third-order valence-electron chi connectivity index (χ3n) is 12.0. The highest BCUT2D eigenvalue weighted by atomic mass is 15.1. The number of anilines is 3. The maximum absolute atomic E-state index is 2.43. The average molecular weight is 650 g/mol. The largest absolute Gasteiger partial charge is 0.310 e. The molecule has 0 N–H and O–H groups in total. The van der Waals surface area contributed by atoms with Crippen LogP contribution in [0.5, 0.6) is 0 Å². The van der Waals surface area contributed by atoms with Crippen molar-refractivity contribution in [1.29, 1.82) is 0 Å². The molecule has 0 atom stereocenters. The van der Waals surface area contributed by atoms with Crippen molar-refractivity contribution in [3.63, 3.8) is 0 Å². The molecule has 0 radical (unpaired) electrons. The standard InChI is InChI=1S/C50H35N/c1-49(2)43-20-10-6-16-37(43)41-29-26-35(31-47(41)49)51(33-14-4-3-5-15-33)34-25-28-36-32(30-34)24-27-42-40-19-9-13-23-46(40)50(48(36)42)44-21-11-7-17-38(44)39-18-8-12-22-45(39)50/h3-31H,1-2H3. The van der Waals surface area contributed by atoms with Gasteiger partial charge in [-0.1, -0.05) is 153 Å². The van der Waals surface area contributed by atoms with Crippen LogP contribution in [-0.2, 0) is 10.8 Å². The van der Waals surface area contributed by atoms with E-state index in [0.29, 0.717) is 0 Å². The highest BCUT2D eigenvalue weighted by Crippen LogP contribution is 2.64. The van der Waals surface area contributed by atoms with E-state index in [0.717, 1.165) is 11.4 Å². The first-order valence-electron chi connectivity index (χ1n) is 18.0. The van der Waals surface area contributed by atoms with Crippen molar-refractivity contribution in [2.45, 2.75) is 24.7 Å². The molecule has 0 heterocycles. The lowest BCUT2D eigenvalue weighted by molar-refractivity contribution is 0.660. The Morgan fingerprint density at radius 2 is 0.824 bits per heavy atom. The zero-order chi connectivity index (χ0) is 33.9. The second kappa shape index (κ2) is 10.2. The van der Waals surface area contributed by atoms with Gasteiger partial charge in [0.05, 0.1) is 5.41 Å². The molecule has 1 nitrogen and oxygen atoms in total. The van der Waals surface area contributed by atoms with Gasteiger partial charge in [0.15, 0.2) is 0 Å². The maximum Gasteiger partial charge on any atom is 0.0731 e. The SMILES string of the molecule is CC1(C)c2ccccc2-c2ccc(N(c3ccccc3)c3ccc4c5c(ccc4c3)-c3ccccc3C53c4ccccc4-c4ccccc43)cc21. The van der Waals surface area contributed by atoms with E-state index < -0.39 is 0 Å². The van der Waals surface area contributed by atoms with E-state index in [2.05, 4.69) is 195 Å². The predicted molar refractivity (Wildman–Crippen MR) is 212 cm³/mol. The highest BCUT2D eigenvalue weighted by Gasteiger charge is 2.52. The van der Waals surface area contributed by atoms with Gasteiger partial charge in [-0.2, -0.15) is 0 Å². The number of hydrogen-bond donors (Lipinski definition) is 0. The van der Waals surface area contributed by atoms with Crippen LogP contribution >= 0.6 is 0 Å². The minimum Gasteiger partial charge on any atom is -0.310 e. The van der Waals surface area contributed by atoms with Crippen molar-refractivity contribution in [3.05, 3.63) is 209 Å². The molecule has 0 amide bonds. The topological polar surface area (TPSA) is 3.24 Å². The Bertz CT molecular complexity index is 2670. The predicted octanol–water partition coefficient (Wildman–Crippen LogP) is 13.0. The molecule has 0 aromatic heterocycles. The van der Waals surface area contributed by atoms with Gasteiger partial charge in [-0.15, -0.1) is 0 Å². The van der Waals surface area contributed by atoms with Crippen LogP contribution in [0, 0.1) is 0 Å². The van der Waals surface area contributed by atoms with Crippen LogP contribution in [0.15, 0.2) is 176 Å². The van der Waals surface area contributed by atoms with Gasteiger partial charge < -0.3 is 4.90 Å². The molecule has 1 spiro atoms. The summed E-state index contributed by atoms with van der Waals surface area (Å²) in [4.78, 5) is 2.43. The Kier molecular flexibility index (Phi) is 5.72. The van der Waals surface area contributed by atoms with Crippen molar-refractivity contribution in [1.82, 2.24) is 0 Å². The smallest absolute Gasteiger partial charge is 0.0731 e. The zero-order valence-electron chi connectivity index (χ0n) is 28.7. The summed E-state index contributed by atoms with van der Waals surface area (Å²) in [6, 6.07) is 65.8. The molecule has 0 fully saturated rings. The Morgan fingerprint density at radius 1 is 0.353 bits per heavy atom. The summed E-state index contributed by atoms with van der Waals surface area (Å²) < 4.78 is 0. The molecule has 11 rings (SSSR count). The minimum atomic E-state index is -0.375. The molecule has 240 valence electrons. The van der Waals surface area contributed by atoms with Crippen LogP contribution in [0.3, 0.4) is 0 Å². The van der Waals surface area contributed by atoms with Gasteiger partial charge in [-0.05, 0) is 114 Å². The van der Waals surface area contributed by atoms with Crippen molar-refractivity contribution in [2.75, 3.05) is 4.90 Å². The van der Waals surface area contributed by atoms with Crippen LogP contribution < -0.4 is 4.90 Å². The molecule has 51 heavy (non-hydrogen) atoms. The molecule has 1 heteroatoms.